The Morgan fingerprint density at radius 1 is 1.00 bits per heavy atom. The van der Waals surface area contributed by atoms with E-state index in [0.717, 1.165) is 45.5 Å². The Morgan fingerprint density at radius 2 is 1.79 bits per heavy atom. The number of fused-ring (bicyclic) bond motifs is 3. The fourth-order valence-corrected chi connectivity index (χ4v) is 4.81. The minimum Gasteiger partial charge on any atom is -0.276 e. The summed E-state index contributed by atoms with van der Waals surface area (Å²) in [7, 11) is 0. The number of halogens is 1. The molecule has 5 rings (SSSR count). The molecule has 0 N–H and O–H groups in total. The first-order valence-electron chi connectivity index (χ1n) is 9.18. The molecule has 2 aromatic carbocycles. The van der Waals surface area contributed by atoms with Gasteiger partial charge < -0.3 is 0 Å². The second-order valence-electron chi connectivity index (χ2n) is 6.57. The van der Waals surface area contributed by atoms with Crippen LogP contribution in [-0.2, 0) is 13.0 Å². The summed E-state index contributed by atoms with van der Waals surface area (Å²) in [5, 5.41) is 10.8. The fourth-order valence-electron chi connectivity index (χ4n) is 3.47. The Morgan fingerprint density at radius 3 is 2.57 bits per heavy atom. The van der Waals surface area contributed by atoms with Crippen LogP contribution in [0.1, 0.15) is 28.8 Å². The van der Waals surface area contributed by atoms with Crippen molar-refractivity contribution in [3.63, 3.8) is 0 Å². The summed E-state index contributed by atoms with van der Waals surface area (Å²) in [4.78, 5) is 6.20. The molecule has 0 amide bonds. The smallest absolute Gasteiger partial charge is 0.169 e. The van der Waals surface area contributed by atoms with E-state index in [2.05, 4.69) is 39.9 Å². The van der Waals surface area contributed by atoms with Crippen LogP contribution in [0.5, 0.6) is 0 Å². The minimum atomic E-state index is 0.462. The lowest BCUT2D eigenvalue weighted by Crippen LogP contribution is -2.05. The van der Waals surface area contributed by atoms with Gasteiger partial charge in [0.05, 0.1) is 5.71 Å². The van der Waals surface area contributed by atoms with E-state index >= 15 is 0 Å². The summed E-state index contributed by atoms with van der Waals surface area (Å²) >= 11 is 8.29. The highest BCUT2D eigenvalue weighted by Crippen LogP contribution is 2.36. The van der Waals surface area contributed by atoms with Gasteiger partial charge in [-0.05, 0) is 18.6 Å². The average molecular weight is 405 g/mol. The molecule has 28 heavy (non-hydrogen) atoms. The predicted molar refractivity (Wildman–Crippen MR) is 115 cm³/mol. The van der Waals surface area contributed by atoms with E-state index in [9.17, 15) is 0 Å². The number of thiophene rings is 1. The Hall–Kier alpha value is -2.76. The second kappa shape index (κ2) is 7.00. The molecule has 1 aliphatic heterocycles. The maximum absolute atomic E-state index is 6.52. The van der Waals surface area contributed by atoms with Crippen molar-refractivity contribution in [2.75, 3.05) is 0 Å². The third-order valence-corrected chi connectivity index (χ3v) is 6.43. The van der Waals surface area contributed by atoms with E-state index in [-0.39, 0.29) is 0 Å². The van der Waals surface area contributed by atoms with E-state index in [1.807, 2.05) is 42.5 Å². The molecule has 0 spiro atoms. The minimum absolute atomic E-state index is 0.462. The zero-order valence-corrected chi connectivity index (χ0v) is 16.8. The number of nitrogens with zero attached hydrogens (tertiary/aromatic N) is 4. The van der Waals surface area contributed by atoms with Gasteiger partial charge in [-0.1, -0.05) is 67.1 Å². The van der Waals surface area contributed by atoms with E-state index in [0.29, 0.717) is 11.6 Å². The molecule has 3 heterocycles. The topological polar surface area (TPSA) is 43.1 Å². The van der Waals surface area contributed by atoms with Crippen molar-refractivity contribution in [2.24, 2.45) is 4.99 Å². The lowest BCUT2D eigenvalue weighted by molar-refractivity contribution is 0.877. The van der Waals surface area contributed by atoms with Crippen molar-refractivity contribution < 1.29 is 0 Å². The van der Waals surface area contributed by atoms with Gasteiger partial charge in [-0.3, -0.25) is 9.56 Å². The van der Waals surface area contributed by atoms with Crippen LogP contribution in [0, 0.1) is 0 Å². The maximum Gasteiger partial charge on any atom is 0.169 e. The van der Waals surface area contributed by atoms with Gasteiger partial charge in [0.2, 0.25) is 0 Å². The molecule has 0 unspecified atom stereocenters. The number of aryl methyl sites for hydroxylation is 1. The molecular formula is C22H17ClN4S. The van der Waals surface area contributed by atoms with Gasteiger partial charge in [0.15, 0.2) is 11.6 Å². The normalized spacial score (nSPS) is 12.9. The zero-order chi connectivity index (χ0) is 19.1. The molecular weight excluding hydrogens is 388 g/mol. The number of benzene rings is 2. The summed E-state index contributed by atoms with van der Waals surface area (Å²) in [6.07, 6.45) is 0.964. The zero-order valence-electron chi connectivity index (χ0n) is 15.3. The number of aromatic nitrogens is 3. The number of hydrogen-bond acceptors (Lipinski definition) is 4. The van der Waals surface area contributed by atoms with Crippen LogP contribution in [0.25, 0.3) is 16.4 Å². The van der Waals surface area contributed by atoms with Crippen LogP contribution in [0.3, 0.4) is 0 Å². The van der Waals surface area contributed by atoms with Crippen molar-refractivity contribution in [3.8, 4) is 16.4 Å². The molecule has 0 radical (unpaired) electrons. The van der Waals surface area contributed by atoms with Crippen molar-refractivity contribution >= 4 is 28.6 Å². The Labute approximate surface area is 172 Å². The average Bonchev–Trinajstić information content (AvgIpc) is 3.31. The molecule has 138 valence electrons. The van der Waals surface area contributed by atoms with E-state index in [4.69, 9.17) is 16.6 Å². The van der Waals surface area contributed by atoms with E-state index in [1.165, 1.54) is 4.88 Å². The molecule has 0 saturated heterocycles. The highest BCUT2D eigenvalue weighted by molar-refractivity contribution is 7.15. The van der Waals surface area contributed by atoms with Crippen LogP contribution < -0.4 is 0 Å². The van der Waals surface area contributed by atoms with Crippen molar-refractivity contribution in [1.29, 1.82) is 0 Å². The third kappa shape index (κ3) is 2.79. The van der Waals surface area contributed by atoms with Crippen LogP contribution >= 0.6 is 22.9 Å². The monoisotopic (exact) mass is 404 g/mol. The van der Waals surface area contributed by atoms with Crippen LogP contribution in [0.2, 0.25) is 5.02 Å². The van der Waals surface area contributed by atoms with Crippen molar-refractivity contribution in [3.05, 3.63) is 87.5 Å². The molecule has 1 aliphatic rings. The highest BCUT2D eigenvalue weighted by Gasteiger charge is 2.26. The summed E-state index contributed by atoms with van der Waals surface area (Å²) in [6.45, 7) is 2.63. The standard InChI is InChI=1S/C22H17ClN4S/c1-2-15-12-17-20(16-10-6-7-11-18(16)23)24-13-19-25-26-21(27(19)22(17)28-15)14-8-4-3-5-9-14/h3-12H,2,13H2,1H3. The molecule has 0 bridgehead atoms. The quantitative estimate of drug-likeness (QED) is 0.448. The fraction of sp³-hybridized carbons (Fsp3) is 0.136. The van der Waals surface area contributed by atoms with Crippen molar-refractivity contribution in [1.82, 2.24) is 14.8 Å². The lowest BCUT2D eigenvalue weighted by atomic mass is 10.0. The SMILES string of the molecule is CCc1cc2c(s1)-n1c(nnc1-c1ccccc1)CN=C2c1ccccc1Cl. The van der Waals surface area contributed by atoms with Gasteiger partial charge in [-0.15, -0.1) is 21.5 Å². The van der Waals surface area contributed by atoms with Crippen LogP contribution in [0.15, 0.2) is 65.7 Å². The number of hydrogen-bond donors (Lipinski definition) is 0. The molecule has 6 heteroatoms. The van der Waals surface area contributed by atoms with Gasteiger partial charge in [0.25, 0.3) is 0 Å². The second-order valence-corrected chi connectivity index (χ2v) is 8.09. The summed E-state index contributed by atoms with van der Waals surface area (Å²) in [5.74, 6) is 1.68. The van der Waals surface area contributed by atoms with Gasteiger partial charge in [-0.25, -0.2) is 0 Å². The predicted octanol–water partition coefficient (Wildman–Crippen LogP) is 5.56. The largest absolute Gasteiger partial charge is 0.276 e. The first kappa shape index (κ1) is 17.3. The molecule has 0 aliphatic carbocycles. The van der Waals surface area contributed by atoms with Crippen LogP contribution in [-0.4, -0.2) is 20.5 Å². The Balaban J connectivity index is 1.76. The van der Waals surface area contributed by atoms with Gasteiger partial charge >= 0.3 is 0 Å². The van der Waals surface area contributed by atoms with Gasteiger partial charge in [0.1, 0.15) is 11.5 Å². The van der Waals surface area contributed by atoms with E-state index < -0.39 is 0 Å². The van der Waals surface area contributed by atoms with E-state index in [1.54, 1.807) is 11.3 Å². The maximum atomic E-state index is 6.52. The highest BCUT2D eigenvalue weighted by atomic mass is 35.5. The first-order valence-corrected chi connectivity index (χ1v) is 10.4. The molecule has 0 fully saturated rings. The van der Waals surface area contributed by atoms with Gasteiger partial charge in [0, 0.05) is 26.6 Å². The number of rotatable bonds is 3. The lowest BCUT2D eigenvalue weighted by Gasteiger charge is -2.10. The molecule has 0 atom stereocenters. The molecule has 4 aromatic rings. The Bertz CT molecular complexity index is 1190. The van der Waals surface area contributed by atoms with Gasteiger partial charge in [-0.2, -0.15) is 0 Å². The summed E-state index contributed by atoms with van der Waals surface area (Å²) in [5.41, 5.74) is 4.00. The molecule has 4 nitrogen and oxygen atoms in total. The summed E-state index contributed by atoms with van der Waals surface area (Å²) in [6, 6.07) is 20.3. The molecule has 0 saturated carbocycles. The Kier molecular flexibility index (Phi) is 4.34. The van der Waals surface area contributed by atoms with Crippen molar-refractivity contribution in [2.45, 2.75) is 19.9 Å². The number of aliphatic imine (C=N–C) groups is 1. The first-order chi connectivity index (χ1) is 13.8. The third-order valence-electron chi connectivity index (χ3n) is 4.84. The molecule has 2 aromatic heterocycles. The van der Waals surface area contributed by atoms with Crippen LogP contribution in [0.4, 0.5) is 0 Å². The summed E-state index contributed by atoms with van der Waals surface area (Å²) < 4.78 is 2.15.